The Morgan fingerprint density at radius 2 is 2.20 bits per heavy atom. The molecular formula is C11H12BrClO2. The molecular weight excluding hydrogens is 279 g/mol. The maximum atomic E-state index is 10.7. The van der Waals surface area contributed by atoms with Crippen LogP contribution in [0.25, 0.3) is 0 Å². The van der Waals surface area contributed by atoms with Crippen LogP contribution in [-0.4, -0.2) is 17.0 Å². The quantitative estimate of drug-likeness (QED) is 0.846. The molecule has 0 unspecified atom stereocenters. The van der Waals surface area contributed by atoms with Crippen molar-refractivity contribution in [1.82, 2.24) is 0 Å². The first kappa shape index (κ1) is 12.5. The van der Waals surface area contributed by atoms with Gasteiger partial charge in [0.25, 0.3) is 0 Å². The van der Waals surface area contributed by atoms with Crippen LogP contribution in [0.1, 0.15) is 17.5 Å². The van der Waals surface area contributed by atoms with Gasteiger partial charge in [0.1, 0.15) is 0 Å². The minimum Gasteiger partial charge on any atom is -0.481 e. The smallest absolute Gasteiger partial charge is 0.307 e. The fraction of sp³-hybridized carbons (Fsp3) is 0.364. The number of carboxylic acid groups (broad SMARTS) is 1. The Kier molecular flexibility index (Phi) is 5.12. The maximum Gasteiger partial charge on any atom is 0.307 e. The van der Waals surface area contributed by atoms with Gasteiger partial charge in [-0.2, -0.15) is 0 Å². The highest BCUT2D eigenvalue weighted by molar-refractivity contribution is 9.10. The summed E-state index contributed by atoms with van der Waals surface area (Å²) in [6.07, 6.45) is 1.74. The molecule has 4 heteroatoms. The molecule has 1 N–H and O–H groups in total. The largest absolute Gasteiger partial charge is 0.481 e. The highest BCUT2D eigenvalue weighted by Crippen LogP contribution is 2.22. The van der Waals surface area contributed by atoms with Crippen LogP contribution in [-0.2, 0) is 17.6 Å². The number of carbonyl (C=O) groups is 1. The Morgan fingerprint density at radius 3 is 2.80 bits per heavy atom. The summed E-state index contributed by atoms with van der Waals surface area (Å²) in [5.41, 5.74) is 1.92. The van der Waals surface area contributed by atoms with Crippen LogP contribution in [0.3, 0.4) is 0 Å². The van der Waals surface area contributed by atoms with Crippen LogP contribution in [0.5, 0.6) is 0 Å². The number of aliphatic carboxylic acids is 1. The fourth-order valence-corrected chi connectivity index (χ4v) is 2.19. The molecule has 0 aliphatic carbocycles. The minimum atomic E-state index is -0.805. The van der Waals surface area contributed by atoms with Crippen LogP contribution in [0.15, 0.2) is 22.7 Å². The standard InChI is InChI=1S/C11H12BrClO2/c12-10-5-1-3-8(7-11(14)15)9(10)4-2-6-13/h1,3,5H,2,4,6-7H2,(H,14,15). The van der Waals surface area contributed by atoms with Crippen LogP contribution in [0, 0.1) is 0 Å². The maximum absolute atomic E-state index is 10.7. The number of hydrogen-bond acceptors (Lipinski definition) is 1. The summed E-state index contributed by atoms with van der Waals surface area (Å²) in [6, 6.07) is 5.63. The second-order valence-electron chi connectivity index (χ2n) is 3.24. The minimum absolute atomic E-state index is 0.0665. The monoisotopic (exact) mass is 290 g/mol. The summed E-state index contributed by atoms with van der Waals surface area (Å²) in [7, 11) is 0. The van der Waals surface area contributed by atoms with Gasteiger partial charge in [0.15, 0.2) is 0 Å². The third-order valence-corrected chi connectivity index (χ3v) is 3.13. The SMILES string of the molecule is O=C(O)Cc1cccc(Br)c1CCCCl. The van der Waals surface area contributed by atoms with Crippen LogP contribution >= 0.6 is 27.5 Å². The first-order valence-electron chi connectivity index (χ1n) is 4.69. The Labute approximate surface area is 102 Å². The van der Waals surface area contributed by atoms with E-state index >= 15 is 0 Å². The number of hydrogen-bond donors (Lipinski definition) is 1. The average Bonchev–Trinajstić information content (AvgIpc) is 2.16. The third kappa shape index (κ3) is 3.84. The van der Waals surface area contributed by atoms with E-state index in [1.807, 2.05) is 18.2 Å². The lowest BCUT2D eigenvalue weighted by atomic mass is 10.0. The molecule has 15 heavy (non-hydrogen) atoms. The van der Waals surface area contributed by atoms with E-state index in [0.717, 1.165) is 28.4 Å². The molecule has 1 aromatic rings. The molecule has 0 saturated carbocycles. The van der Waals surface area contributed by atoms with E-state index < -0.39 is 5.97 Å². The molecule has 2 nitrogen and oxygen atoms in total. The zero-order valence-corrected chi connectivity index (χ0v) is 10.5. The molecule has 0 aliphatic rings. The highest BCUT2D eigenvalue weighted by Gasteiger charge is 2.09. The Bertz CT molecular complexity index is 352. The number of alkyl halides is 1. The molecule has 0 aliphatic heterocycles. The zero-order valence-electron chi connectivity index (χ0n) is 8.17. The van der Waals surface area contributed by atoms with Gasteiger partial charge in [-0.3, -0.25) is 4.79 Å². The molecule has 0 amide bonds. The average molecular weight is 292 g/mol. The first-order valence-corrected chi connectivity index (χ1v) is 6.02. The molecule has 1 rings (SSSR count). The molecule has 0 atom stereocenters. The van der Waals surface area contributed by atoms with E-state index in [0.29, 0.717) is 5.88 Å². The predicted molar refractivity (Wildman–Crippen MR) is 64.5 cm³/mol. The van der Waals surface area contributed by atoms with E-state index in [1.165, 1.54) is 0 Å². The van der Waals surface area contributed by atoms with E-state index in [9.17, 15) is 4.79 Å². The topological polar surface area (TPSA) is 37.3 Å². The van der Waals surface area contributed by atoms with Crippen LogP contribution in [0.2, 0.25) is 0 Å². The lowest BCUT2D eigenvalue weighted by Crippen LogP contribution is -2.04. The summed E-state index contributed by atoms with van der Waals surface area (Å²) < 4.78 is 0.964. The summed E-state index contributed by atoms with van der Waals surface area (Å²) in [5.74, 6) is -0.214. The lowest BCUT2D eigenvalue weighted by Gasteiger charge is -2.09. The van der Waals surface area contributed by atoms with Gasteiger partial charge < -0.3 is 5.11 Å². The van der Waals surface area contributed by atoms with Crippen molar-refractivity contribution < 1.29 is 9.90 Å². The molecule has 0 fully saturated rings. The summed E-state index contributed by atoms with van der Waals surface area (Å²) >= 11 is 9.06. The predicted octanol–water partition coefficient (Wildman–Crippen LogP) is 3.25. The molecule has 0 saturated heterocycles. The van der Waals surface area contributed by atoms with Crippen LogP contribution in [0.4, 0.5) is 0 Å². The normalized spacial score (nSPS) is 10.3. The summed E-state index contributed by atoms with van der Waals surface area (Å²) in [6.45, 7) is 0. The Morgan fingerprint density at radius 1 is 1.47 bits per heavy atom. The van der Waals surface area contributed by atoms with Crippen molar-refractivity contribution >= 4 is 33.5 Å². The van der Waals surface area contributed by atoms with Gasteiger partial charge in [-0.05, 0) is 30.0 Å². The molecule has 82 valence electrons. The van der Waals surface area contributed by atoms with Crippen molar-refractivity contribution in [2.75, 3.05) is 5.88 Å². The lowest BCUT2D eigenvalue weighted by molar-refractivity contribution is -0.136. The van der Waals surface area contributed by atoms with Gasteiger partial charge >= 0.3 is 5.97 Å². The van der Waals surface area contributed by atoms with Crippen molar-refractivity contribution in [2.45, 2.75) is 19.3 Å². The van der Waals surface area contributed by atoms with Gasteiger partial charge in [-0.15, -0.1) is 11.6 Å². The Hall–Kier alpha value is -0.540. The molecule has 0 heterocycles. The van der Waals surface area contributed by atoms with Crippen molar-refractivity contribution in [2.24, 2.45) is 0 Å². The zero-order chi connectivity index (χ0) is 11.3. The molecule has 0 spiro atoms. The van der Waals surface area contributed by atoms with Gasteiger partial charge in [-0.1, -0.05) is 28.1 Å². The van der Waals surface area contributed by atoms with Gasteiger partial charge in [0, 0.05) is 10.4 Å². The van der Waals surface area contributed by atoms with Crippen molar-refractivity contribution in [3.8, 4) is 0 Å². The first-order chi connectivity index (χ1) is 7.15. The summed E-state index contributed by atoms with van der Waals surface area (Å²) in [4.78, 5) is 10.7. The summed E-state index contributed by atoms with van der Waals surface area (Å²) in [5, 5.41) is 8.77. The van der Waals surface area contributed by atoms with Gasteiger partial charge in [0.05, 0.1) is 6.42 Å². The number of benzene rings is 1. The van der Waals surface area contributed by atoms with Crippen LogP contribution < -0.4 is 0 Å². The third-order valence-electron chi connectivity index (χ3n) is 2.12. The number of carboxylic acids is 1. The molecule has 0 radical (unpaired) electrons. The fourth-order valence-electron chi connectivity index (χ4n) is 1.46. The van der Waals surface area contributed by atoms with E-state index in [-0.39, 0.29) is 6.42 Å². The van der Waals surface area contributed by atoms with Gasteiger partial charge in [0.2, 0.25) is 0 Å². The highest BCUT2D eigenvalue weighted by atomic mass is 79.9. The molecule has 0 bridgehead atoms. The van der Waals surface area contributed by atoms with Crippen molar-refractivity contribution in [3.63, 3.8) is 0 Å². The Balaban J connectivity index is 2.92. The van der Waals surface area contributed by atoms with Crippen molar-refractivity contribution in [3.05, 3.63) is 33.8 Å². The van der Waals surface area contributed by atoms with Gasteiger partial charge in [-0.25, -0.2) is 0 Å². The molecule has 1 aromatic carbocycles. The van der Waals surface area contributed by atoms with E-state index in [4.69, 9.17) is 16.7 Å². The second-order valence-corrected chi connectivity index (χ2v) is 4.47. The van der Waals surface area contributed by atoms with Crippen molar-refractivity contribution in [1.29, 1.82) is 0 Å². The second kappa shape index (κ2) is 6.13. The van der Waals surface area contributed by atoms with E-state index in [2.05, 4.69) is 15.9 Å². The number of halogens is 2. The van der Waals surface area contributed by atoms with E-state index in [1.54, 1.807) is 0 Å². The molecule has 0 aromatic heterocycles. The number of rotatable bonds is 5.